The minimum atomic E-state index is -0.0647. The Labute approximate surface area is 148 Å². The van der Waals surface area contributed by atoms with Crippen molar-refractivity contribution in [3.05, 3.63) is 64.2 Å². The van der Waals surface area contributed by atoms with E-state index in [-0.39, 0.29) is 11.8 Å². The van der Waals surface area contributed by atoms with Gasteiger partial charge in [0.2, 0.25) is 5.91 Å². The summed E-state index contributed by atoms with van der Waals surface area (Å²) in [6.45, 7) is 4.69. The average molecular weight is 333 g/mol. The summed E-state index contributed by atoms with van der Waals surface area (Å²) < 4.78 is 0. The quantitative estimate of drug-likeness (QED) is 0.915. The molecule has 0 fully saturated rings. The Bertz CT molecular complexity index is 855. The van der Waals surface area contributed by atoms with Crippen LogP contribution < -0.4 is 5.32 Å². The highest BCUT2D eigenvalue weighted by Crippen LogP contribution is 2.46. The van der Waals surface area contributed by atoms with E-state index in [1.54, 1.807) is 0 Å². The maximum absolute atomic E-state index is 12.5. The Morgan fingerprint density at radius 3 is 2.76 bits per heavy atom. The van der Waals surface area contributed by atoms with Gasteiger partial charge in [0.25, 0.3) is 0 Å². The topological polar surface area (TPSA) is 54.9 Å². The molecule has 1 amide bonds. The first-order valence-corrected chi connectivity index (χ1v) is 9.04. The molecule has 0 saturated heterocycles. The number of benzene rings is 1. The van der Waals surface area contributed by atoms with Crippen molar-refractivity contribution < 1.29 is 4.79 Å². The van der Waals surface area contributed by atoms with Crippen LogP contribution in [-0.2, 0) is 24.1 Å². The molecule has 1 atom stereocenters. The molecular formula is C21H23N3O. The Balaban J connectivity index is 1.33. The van der Waals surface area contributed by atoms with Gasteiger partial charge < -0.3 is 5.32 Å². The van der Waals surface area contributed by atoms with Crippen molar-refractivity contribution >= 4 is 11.5 Å². The van der Waals surface area contributed by atoms with Crippen molar-refractivity contribution in [2.45, 2.75) is 39.5 Å². The lowest BCUT2D eigenvalue weighted by atomic mass is 10.1. The van der Waals surface area contributed by atoms with Crippen LogP contribution in [0.1, 0.15) is 41.7 Å². The normalized spacial score (nSPS) is 18.2. The van der Waals surface area contributed by atoms with Crippen LogP contribution >= 0.6 is 0 Å². The molecule has 0 aliphatic heterocycles. The van der Waals surface area contributed by atoms with E-state index in [9.17, 15) is 4.79 Å². The van der Waals surface area contributed by atoms with Crippen molar-refractivity contribution in [3.8, 4) is 0 Å². The lowest BCUT2D eigenvalue weighted by Crippen LogP contribution is -2.29. The molecule has 0 saturated carbocycles. The van der Waals surface area contributed by atoms with Crippen molar-refractivity contribution in [1.82, 2.24) is 15.3 Å². The molecule has 0 radical (unpaired) electrons. The highest BCUT2D eigenvalue weighted by molar-refractivity contribution is 6.05. The first-order chi connectivity index (χ1) is 12.1. The van der Waals surface area contributed by atoms with Gasteiger partial charge in [0, 0.05) is 24.4 Å². The standard InChI is InChI=1S/C21H23N3O/c1-13-19(15-7-4-3-5-8-15)20(13)21(25)22-12-11-18-23-14(2)16-9-6-10-17(16)24-18/h3-5,7-8,20H,6,9-12H2,1-2H3,(H,22,25)/t20-/m0/s1. The molecule has 128 valence electrons. The number of carbonyl (C=O) groups excluding carboxylic acids is 1. The van der Waals surface area contributed by atoms with E-state index in [4.69, 9.17) is 0 Å². The highest BCUT2D eigenvalue weighted by Gasteiger charge is 2.39. The molecule has 1 aromatic carbocycles. The van der Waals surface area contributed by atoms with E-state index in [2.05, 4.69) is 34.3 Å². The monoisotopic (exact) mass is 333 g/mol. The van der Waals surface area contributed by atoms with Gasteiger partial charge in [-0.3, -0.25) is 4.79 Å². The van der Waals surface area contributed by atoms with E-state index in [1.165, 1.54) is 28.8 Å². The molecule has 2 aliphatic rings. The summed E-state index contributed by atoms with van der Waals surface area (Å²) >= 11 is 0. The van der Waals surface area contributed by atoms with Crippen molar-refractivity contribution in [2.24, 2.45) is 5.92 Å². The smallest absolute Gasteiger partial charge is 0.231 e. The van der Waals surface area contributed by atoms with Gasteiger partial charge in [0.05, 0.1) is 5.92 Å². The van der Waals surface area contributed by atoms with E-state index in [1.807, 2.05) is 25.1 Å². The Kier molecular flexibility index (Phi) is 4.12. The molecular weight excluding hydrogens is 310 g/mol. The minimum Gasteiger partial charge on any atom is -0.355 e. The summed E-state index contributed by atoms with van der Waals surface area (Å²) in [5.74, 6) is 0.876. The largest absolute Gasteiger partial charge is 0.355 e. The SMILES string of the molecule is CC1=C(c2ccccc2)[C@H]1C(=O)NCCc1nc(C)c2c(n1)CCC2. The summed E-state index contributed by atoms with van der Waals surface area (Å²) in [4.78, 5) is 21.7. The molecule has 4 rings (SSSR count). The third-order valence-electron chi connectivity index (χ3n) is 5.24. The molecule has 1 aromatic heterocycles. The zero-order valence-corrected chi connectivity index (χ0v) is 14.8. The minimum absolute atomic E-state index is 0.0647. The van der Waals surface area contributed by atoms with E-state index in [0.29, 0.717) is 13.0 Å². The average Bonchev–Trinajstić information content (AvgIpc) is 3.05. The van der Waals surface area contributed by atoms with E-state index >= 15 is 0 Å². The number of aromatic nitrogens is 2. The third kappa shape index (κ3) is 3.09. The van der Waals surface area contributed by atoms with Gasteiger partial charge in [-0.15, -0.1) is 0 Å². The van der Waals surface area contributed by atoms with Crippen LogP contribution in [0.5, 0.6) is 0 Å². The van der Waals surface area contributed by atoms with Crippen LogP contribution in [0.3, 0.4) is 0 Å². The zero-order chi connectivity index (χ0) is 17.4. The van der Waals surface area contributed by atoms with Crippen molar-refractivity contribution in [3.63, 3.8) is 0 Å². The molecule has 4 heteroatoms. The second-order valence-corrected chi connectivity index (χ2v) is 6.94. The fourth-order valence-corrected chi connectivity index (χ4v) is 3.86. The van der Waals surface area contributed by atoms with Crippen LogP contribution in [0.2, 0.25) is 0 Å². The molecule has 1 heterocycles. The summed E-state index contributed by atoms with van der Waals surface area (Å²) in [6, 6.07) is 10.1. The number of aryl methyl sites for hydroxylation is 2. The summed E-state index contributed by atoms with van der Waals surface area (Å²) in [5, 5.41) is 3.05. The summed E-state index contributed by atoms with van der Waals surface area (Å²) in [6.07, 6.45) is 4.03. The predicted octanol–water partition coefficient (Wildman–Crippen LogP) is 3.04. The van der Waals surface area contributed by atoms with Crippen LogP contribution in [-0.4, -0.2) is 22.4 Å². The predicted molar refractivity (Wildman–Crippen MR) is 98.0 cm³/mol. The molecule has 0 bridgehead atoms. The Morgan fingerprint density at radius 2 is 1.96 bits per heavy atom. The van der Waals surface area contributed by atoms with Crippen LogP contribution in [0, 0.1) is 12.8 Å². The number of fused-ring (bicyclic) bond motifs is 1. The van der Waals surface area contributed by atoms with Gasteiger partial charge in [0.15, 0.2) is 0 Å². The number of hydrogen-bond donors (Lipinski definition) is 1. The van der Waals surface area contributed by atoms with Gasteiger partial charge in [-0.25, -0.2) is 9.97 Å². The number of nitrogens with one attached hydrogen (secondary N) is 1. The van der Waals surface area contributed by atoms with Crippen molar-refractivity contribution in [2.75, 3.05) is 6.54 Å². The zero-order valence-electron chi connectivity index (χ0n) is 14.8. The molecule has 1 N–H and O–H groups in total. The number of carbonyl (C=O) groups is 1. The first-order valence-electron chi connectivity index (χ1n) is 9.04. The summed E-state index contributed by atoms with van der Waals surface area (Å²) in [5.41, 5.74) is 7.14. The number of amides is 1. The summed E-state index contributed by atoms with van der Waals surface area (Å²) in [7, 11) is 0. The number of hydrogen-bond acceptors (Lipinski definition) is 3. The third-order valence-corrected chi connectivity index (χ3v) is 5.24. The lowest BCUT2D eigenvalue weighted by Gasteiger charge is -2.08. The van der Waals surface area contributed by atoms with E-state index in [0.717, 1.165) is 29.9 Å². The van der Waals surface area contributed by atoms with Gasteiger partial charge in [-0.05, 0) is 49.8 Å². The Morgan fingerprint density at radius 1 is 1.16 bits per heavy atom. The molecule has 0 spiro atoms. The molecule has 0 unspecified atom stereocenters. The van der Waals surface area contributed by atoms with Crippen LogP contribution in [0.4, 0.5) is 0 Å². The number of rotatable bonds is 5. The van der Waals surface area contributed by atoms with E-state index < -0.39 is 0 Å². The molecule has 25 heavy (non-hydrogen) atoms. The second-order valence-electron chi connectivity index (χ2n) is 6.94. The Hall–Kier alpha value is -2.49. The van der Waals surface area contributed by atoms with Gasteiger partial charge in [0.1, 0.15) is 5.82 Å². The lowest BCUT2D eigenvalue weighted by molar-refractivity contribution is -0.121. The first kappa shape index (κ1) is 16.0. The van der Waals surface area contributed by atoms with Crippen molar-refractivity contribution in [1.29, 1.82) is 0 Å². The van der Waals surface area contributed by atoms with Crippen LogP contribution in [0.15, 0.2) is 35.9 Å². The fraction of sp³-hybridized carbons (Fsp3) is 0.381. The maximum Gasteiger partial charge on any atom is 0.231 e. The second kappa shape index (κ2) is 6.43. The molecule has 2 aliphatic carbocycles. The maximum atomic E-state index is 12.5. The van der Waals surface area contributed by atoms with Gasteiger partial charge in [-0.1, -0.05) is 35.9 Å². The van der Waals surface area contributed by atoms with Gasteiger partial charge in [-0.2, -0.15) is 0 Å². The van der Waals surface area contributed by atoms with Crippen LogP contribution in [0.25, 0.3) is 5.57 Å². The highest BCUT2D eigenvalue weighted by atomic mass is 16.2. The fourth-order valence-electron chi connectivity index (χ4n) is 3.86. The number of nitrogens with zero attached hydrogens (tertiary/aromatic N) is 2. The molecule has 2 aromatic rings. The molecule has 4 nitrogen and oxygen atoms in total. The van der Waals surface area contributed by atoms with Gasteiger partial charge >= 0.3 is 0 Å².